The number of imidazole rings is 1. The molecule has 0 aliphatic carbocycles. The quantitative estimate of drug-likeness (QED) is 0.733. The first-order valence-corrected chi connectivity index (χ1v) is 5.34. The number of nitrogens with one attached hydrogen (secondary N) is 1. The summed E-state index contributed by atoms with van der Waals surface area (Å²) in [6.45, 7) is 5.43. The molecular weight excluding hydrogens is 204 g/mol. The third-order valence-electron chi connectivity index (χ3n) is 2.46. The minimum Gasteiger partial charge on any atom is -0.395 e. The number of fused-ring (bicyclic) bond motifs is 1. The van der Waals surface area contributed by atoms with Crippen LogP contribution in [-0.4, -0.2) is 32.6 Å². The summed E-state index contributed by atoms with van der Waals surface area (Å²) in [6.07, 6.45) is 1.82. The van der Waals surface area contributed by atoms with Gasteiger partial charge in [0.25, 0.3) is 0 Å². The summed E-state index contributed by atoms with van der Waals surface area (Å²) in [5.41, 5.74) is 3.17. The van der Waals surface area contributed by atoms with Crippen molar-refractivity contribution < 1.29 is 5.11 Å². The molecule has 2 N–H and O–H groups in total. The first-order chi connectivity index (χ1) is 7.72. The molecule has 0 aliphatic heterocycles. The molecule has 5 nitrogen and oxygen atoms in total. The van der Waals surface area contributed by atoms with Gasteiger partial charge < -0.3 is 10.4 Å². The molecule has 0 atom stereocenters. The molecule has 0 amide bonds. The Labute approximate surface area is 94.2 Å². The Morgan fingerprint density at radius 1 is 1.44 bits per heavy atom. The number of rotatable bonds is 4. The molecule has 0 aliphatic rings. The van der Waals surface area contributed by atoms with Crippen molar-refractivity contribution in [3.8, 4) is 0 Å². The van der Waals surface area contributed by atoms with Crippen LogP contribution in [0.25, 0.3) is 5.78 Å². The average Bonchev–Trinajstić information content (AvgIpc) is 2.62. The van der Waals surface area contributed by atoms with Crippen molar-refractivity contribution in [3.63, 3.8) is 0 Å². The molecular formula is C11H16N4O. The predicted octanol–water partition coefficient (Wildman–Crippen LogP) is 0.428. The Morgan fingerprint density at radius 3 is 3.00 bits per heavy atom. The van der Waals surface area contributed by atoms with Crippen molar-refractivity contribution in [1.82, 2.24) is 19.7 Å². The van der Waals surface area contributed by atoms with Crippen LogP contribution < -0.4 is 5.32 Å². The highest BCUT2D eigenvalue weighted by molar-refractivity contribution is 5.35. The zero-order valence-corrected chi connectivity index (χ0v) is 9.56. The second-order valence-corrected chi connectivity index (χ2v) is 3.82. The average molecular weight is 220 g/mol. The fourth-order valence-electron chi connectivity index (χ4n) is 1.82. The largest absolute Gasteiger partial charge is 0.395 e. The van der Waals surface area contributed by atoms with Crippen molar-refractivity contribution in [2.24, 2.45) is 0 Å². The standard InChI is InChI=1S/C11H16N4O/c1-8-5-9(2)15-10(6-12-3-4-16)7-13-11(15)14-8/h5,7,12,16H,3-4,6H2,1-2H3. The number of aromatic nitrogens is 3. The van der Waals surface area contributed by atoms with Crippen LogP contribution in [0.5, 0.6) is 0 Å². The van der Waals surface area contributed by atoms with E-state index in [2.05, 4.69) is 15.3 Å². The molecule has 0 saturated heterocycles. The lowest BCUT2D eigenvalue weighted by molar-refractivity contribution is 0.291. The predicted molar refractivity (Wildman–Crippen MR) is 61.3 cm³/mol. The Balaban J connectivity index is 2.33. The van der Waals surface area contributed by atoms with E-state index in [9.17, 15) is 0 Å². The van der Waals surface area contributed by atoms with Crippen LogP contribution in [0.3, 0.4) is 0 Å². The van der Waals surface area contributed by atoms with E-state index < -0.39 is 0 Å². The number of aryl methyl sites for hydroxylation is 2. The van der Waals surface area contributed by atoms with E-state index in [1.54, 1.807) is 0 Å². The van der Waals surface area contributed by atoms with Gasteiger partial charge in [-0.05, 0) is 19.9 Å². The van der Waals surface area contributed by atoms with Gasteiger partial charge >= 0.3 is 0 Å². The molecule has 2 rings (SSSR count). The fourth-order valence-corrected chi connectivity index (χ4v) is 1.82. The van der Waals surface area contributed by atoms with E-state index in [-0.39, 0.29) is 6.61 Å². The van der Waals surface area contributed by atoms with Gasteiger partial charge in [-0.3, -0.25) is 4.40 Å². The van der Waals surface area contributed by atoms with E-state index in [0.29, 0.717) is 13.1 Å². The third-order valence-corrected chi connectivity index (χ3v) is 2.46. The highest BCUT2D eigenvalue weighted by Crippen LogP contribution is 2.09. The molecule has 2 aromatic heterocycles. The topological polar surface area (TPSA) is 62.5 Å². The molecule has 0 radical (unpaired) electrons. The second-order valence-electron chi connectivity index (χ2n) is 3.82. The van der Waals surface area contributed by atoms with Gasteiger partial charge in [-0.2, -0.15) is 0 Å². The van der Waals surface area contributed by atoms with Crippen LogP contribution in [0.1, 0.15) is 17.1 Å². The first-order valence-electron chi connectivity index (χ1n) is 5.34. The van der Waals surface area contributed by atoms with Crippen LogP contribution in [-0.2, 0) is 6.54 Å². The number of hydrogen-bond acceptors (Lipinski definition) is 4. The van der Waals surface area contributed by atoms with Gasteiger partial charge in [0.05, 0.1) is 18.5 Å². The molecule has 0 aromatic carbocycles. The van der Waals surface area contributed by atoms with Crippen molar-refractivity contribution in [2.75, 3.05) is 13.2 Å². The molecule has 16 heavy (non-hydrogen) atoms. The number of aliphatic hydroxyl groups is 1. The van der Waals surface area contributed by atoms with Crippen molar-refractivity contribution >= 4 is 5.78 Å². The normalized spacial score (nSPS) is 11.2. The summed E-state index contributed by atoms with van der Waals surface area (Å²) in [6, 6.07) is 2.03. The van der Waals surface area contributed by atoms with E-state index in [1.165, 1.54) is 0 Å². The maximum atomic E-state index is 8.70. The van der Waals surface area contributed by atoms with Crippen LogP contribution in [0.15, 0.2) is 12.3 Å². The Morgan fingerprint density at radius 2 is 2.25 bits per heavy atom. The van der Waals surface area contributed by atoms with E-state index in [1.807, 2.05) is 30.5 Å². The van der Waals surface area contributed by atoms with Crippen LogP contribution >= 0.6 is 0 Å². The van der Waals surface area contributed by atoms with Crippen molar-refractivity contribution in [3.05, 3.63) is 29.3 Å². The summed E-state index contributed by atoms with van der Waals surface area (Å²) in [4.78, 5) is 8.63. The second kappa shape index (κ2) is 4.59. The minimum absolute atomic E-state index is 0.146. The molecule has 2 aromatic rings. The molecule has 0 fully saturated rings. The molecule has 5 heteroatoms. The lowest BCUT2D eigenvalue weighted by Gasteiger charge is -2.06. The van der Waals surface area contributed by atoms with Crippen LogP contribution in [0.4, 0.5) is 0 Å². The van der Waals surface area contributed by atoms with Crippen LogP contribution in [0.2, 0.25) is 0 Å². The molecule has 0 bridgehead atoms. The third kappa shape index (κ3) is 2.05. The zero-order valence-electron chi connectivity index (χ0n) is 9.56. The Hall–Kier alpha value is -1.46. The molecule has 86 valence electrons. The maximum absolute atomic E-state index is 8.70. The van der Waals surface area contributed by atoms with Gasteiger partial charge in [0.1, 0.15) is 0 Å². The number of hydrogen-bond donors (Lipinski definition) is 2. The lowest BCUT2D eigenvalue weighted by Crippen LogP contribution is -2.18. The maximum Gasteiger partial charge on any atom is 0.234 e. The SMILES string of the molecule is Cc1cc(C)n2c(CNCCO)cnc2n1. The highest BCUT2D eigenvalue weighted by atomic mass is 16.3. The summed E-state index contributed by atoms with van der Waals surface area (Å²) < 4.78 is 2.03. The molecule has 0 saturated carbocycles. The summed E-state index contributed by atoms with van der Waals surface area (Å²) in [5.74, 6) is 0.735. The Kier molecular flexibility index (Phi) is 3.17. The number of aliphatic hydroxyl groups excluding tert-OH is 1. The van der Waals surface area contributed by atoms with Gasteiger partial charge in [-0.15, -0.1) is 0 Å². The monoisotopic (exact) mass is 220 g/mol. The van der Waals surface area contributed by atoms with Crippen molar-refractivity contribution in [1.29, 1.82) is 0 Å². The fraction of sp³-hybridized carbons (Fsp3) is 0.455. The van der Waals surface area contributed by atoms with Gasteiger partial charge in [0, 0.05) is 24.5 Å². The van der Waals surface area contributed by atoms with Gasteiger partial charge in [-0.25, -0.2) is 9.97 Å². The molecule has 0 spiro atoms. The smallest absolute Gasteiger partial charge is 0.234 e. The number of nitrogens with zero attached hydrogens (tertiary/aromatic N) is 3. The zero-order chi connectivity index (χ0) is 11.5. The van der Waals surface area contributed by atoms with Gasteiger partial charge in [0.2, 0.25) is 5.78 Å². The molecule has 2 heterocycles. The van der Waals surface area contributed by atoms with Crippen LogP contribution in [0, 0.1) is 13.8 Å². The summed E-state index contributed by atoms with van der Waals surface area (Å²) in [5, 5.41) is 11.8. The minimum atomic E-state index is 0.146. The van der Waals surface area contributed by atoms with E-state index in [0.717, 1.165) is 22.9 Å². The lowest BCUT2D eigenvalue weighted by atomic mass is 10.3. The Bertz CT molecular complexity index is 492. The molecule has 0 unspecified atom stereocenters. The first kappa shape index (κ1) is 11.0. The van der Waals surface area contributed by atoms with Gasteiger partial charge in [0.15, 0.2) is 0 Å². The summed E-state index contributed by atoms with van der Waals surface area (Å²) in [7, 11) is 0. The summed E-state index contributed by atoms with van der Waals surface area (Å²) >= 11 is 0. The van der Waals surface area contributed by atoms with Gasteiger partial charge in [-0.1, -0.05) is 0 Å². The van der Waals surface area contributed by atoms with Crippen molar-refractivity contribution in [2.45, 2.75) is 20.4 Å². The van der Waals surface area contributed by atoms with E-state index in [4.69, 9.17) is 5.11 Å². The van der Waals surface area contributed by atoms with E-state index >= 15 is 0 Å². The highest BCUT2D eigenvalue weighted by Gasteiger charge is 2.06.